The number of sulfonamides is 1. The highest BCUT2D eigenvalue weighted by molar-refractivity contribution is 7.89. The lowest BCUT2D eigenvalue weighted by atomic mass is 10.2. The molecule has 112 valence electrons. The van der Waals surface area contributed by atoms with Crippen molar-refractivity contribution >= 4 is 39.2 Å². The summed E-state index contributed by atoms with van der Waals surface area (Å²) in [7, 11) is -4.44. The summed E-state index contributed by atoms with van der Waals surface area (Å²) in [4.78, 5) is 10.2. The van der Waals surface area contributed by atoms with Gasteiger partial charge in [-0.1, -0.05) is 23.2 Å². The van der Waals surface area contributed by atoms with Crippen molar-refractivity contribution in [2.45, 2.75) is 24.0 Å². The van der Waals surface area contributed by atoms with Gasteiger partial charge in [-0.3, -0.25) is 4.79 Å². The van der Waals surface area contributed by atoms with Crippen LogP contribution in [0, 0.1) is 5.82 Å². The van der Waals surface area contributed by atoms with Crippen molar-refractivity contribution < 1.29 is 27.8 Å². The molecule has 0 bridgehead atoms. The van der Waals surface area contributed by atoms with E-state index in [2.05, 4.69) is 0 Å². The second kappa shape index (κ2) is 6.23. The average molecular weight is 346 g/mol. The SMILES string of the molecule is CC(O)C(NS(=O)(=O)c1ccc(Cl)c(F)c1Cl)C(=O)O. The predicted octanol–water partition coefficient (Wildman–Crippen LogP) is 1.24. The van der Waals surface area contributed by atoms with Crippen LogP contribution >= 0.6 is 23.2 Å². The Balaban J connectivity index is 3.25. The summed E-state index contributed by atoms with van der Waals surface area (Å²) in [5.74, 6) is -2.73. The summed E-state index contributed by atoms with van der Waals surface area (Å²) in [5.41, 5.74) is 0. The number of aliphatic hydroxyl groups is 1. The number of aliphatic hydroxyl groups excluding tert-OH is 1. The Morgan fingerprint density at radius 3 is 2.40 bits per heavy atom. The number of aliphatic carboxylic acids is 1. The lowest BCUT2D eigenvalue weighted by Crippen LogP contribution is -2.47. The van der Waals surface area contributed by atoms with Crippen molar-refractivity contribution in [3.05, 3.63) is 28.0 Å². The van der Waals surface area contributed by atoms with Gasteiger partial charge in [-0.25, -0.2) is 12.8 Å². The summed E-state index contributed by atoms with van der Waals surface area (Å²) < 4.78 is 39.1. The molecule has 1 aromatic rings. The van der Waals surface area contributed by atoms with Gasteiger partial charge in [0.1, 0.15) is 10.9 Å². The van der Waals surface area contributed by atoms with Gasteiger partial charge in [0.05, 0.1) is 16.1 Å². The van der Waals surface area contributed by atoms with Crippen LogP contribution in [0.5, 0.6) is 0 Å². The minimum Gasteiger partial charge on any atom is -0.480 e. The van der Waals surface area contributed by atoms with E-state index in [4.69, 9.17) is 28.3 Å². The third-order valence-corrected chi connectivity index (χ3v) is 4.58. The Morgan fingerprint density at radius 1 is 1.40 bits per heavy atom. The molecule has 6 nitrogen and oxygen atoms in total. The molecule has 0 aliphatic heterocycles. The van der Waals surface area contributed by atoms with E-state index in [9.17, 15) is 22.7 Å². The van der Waals surface area contributed by atoms with E-state index in [1.54, 1.807) is 4.72 Å². The van der Waals surface area contributed by atoms with E-state index in [-0.39, 0.29) is 5.02 Å². The van der Waals surface area contributed by atoms with Crippen LogP contribution in [-0.2, 0) is 14.8 Å². The minimum atomic E-state index is -4.44. The Labute approximate surface area is 124 Å². The van der Waals surface area contributed by atoms with E-state index in [0.29, 0.717) is 0 Å². The molecule has 0 aliphatic rings. The molecule has 2 atom stereocenters. The molecule has 1 rings (SSSR count). The standard InChI is InChI=1S/C10H10Cl2FNO5S/c1-4(15)9(10(16)17)14-20(18,19)6-3-2-5(11)8(13)7(6)12/h2-4,9,14-15H,1H3,(H,16,17). The fourth-order valence-electron chi connectivity index (χ4n) is 1.30. The summed E-state index contributed by atoms with van der Waals surface area (Å²) in [6.07, 6.45) is -1.50. The van der Waals surface area contributed by atoms with Crippen LogP contribution in [0.25, 0.3) is 0 Å². The van der Waals surface area contributed by atoms with Gasteiger partial charge >= 0.3 is 5.97 Å². The largest absolute Gasteiger partial charge is 0.480 e. The van der Waals surface area contributed by atoms with Crippen molar-refractivity contribution in [2.24, 2.45) is 0 Å². The molecule has 0 aromatic heterocycles. The van der Waals surface area contributed by atoms with Gasteiger partial charge in [-0.05, 0) is 19.1 Å². The van der Waals surface area contributed by atoms with Crippen molar-refractivity contribution in [2.75, 3.05) is 0 Å². The molecule has 2 unspecified atom stereocenters. The maximum absolute atomic E-state index is 13.5. The first-order chi connectivity index (χ1) is 9.08. The molecule has 0 heterocycles. The lowest BCUT2D eigenvalue weighted by Gasteiger charge is -2.17. The zero-order valence-electron chi connectivity index (χ0n) is 9.97. The summed E-state index contributed by atoms with van der Waals surface area (Å²) in [5, 5.41) is 16.9. The number of hydrogen-bond donors (Lipinski definition) is 3. The van der Waals surface area contributed by atoms with E-state index in [1.807, 2.05) is 0 Å². The fourth-order valence-corrected chi connectivity index (χ4v) is 3.31. The second-order valence-corrected chi connectivity index (χ2v) is 6.32. The highest BCUT2D eigenvalue weighted by Gasteiger charge is 2.31. The van der Waals surface area contributed by atoms with E-state index in [0.717, 1.165) is 19.1 Å². The number of carbonyl (C=O) groups is 1. The molecule has 0 aliphatic carbocycles. The van der Waals surface area contributed by atoms with Gasteiger partial charge < -0.3 is 10.2 Å². The summed E-state index contributed by atoms with van der Waals surface area (Å²) >= 11 is 11.0. The lowest BCUT2D eigenvalue weighted by molar-refractivity contribution is -0.141. The summed E-state index contributed by atoms with van der Waals surface area (Å²) in [6.45, 7) is 1.09. The van der Waals surface area contributed by atoms with Crippen molar-refractivity contribution in [1.82, 2.24) is 4.72 Å². The highest BCUT2D eigenvalue weighted by atomic mass is 35.5. The van der Waals surface area contributed by atoms with Crippen LogP contribution in [0.1, 0.15) is 6.92 Å². The Morgan fingerprint density at radius 2 is 1.95 bits per heavy atom. The first-order valence-corrected chi connectivity index (χ1v) is 7.38. The smallest absolute Gasteiger partial charge is 0.324 e. The molecule has 1 aromatic carbocycles. The van der Waals surface area contributed by atoms with Crippen molar-refractivity contribution in [3.63, 3.8) is 0 Å². The van der Waals surface area contributed by atoms with Crippen molar-refractivity contribution in [3.8, 4) is 0 Å². The topological polar surface area (TPSA) is 104 Å². The first-order valence-electron chi connectivity index (χ1n) is 5.14. The van der Waals surface area contributed by atoms with Gasteiger partial charge in [-0.2, -0.15) is 4.72 Å². The number of hydrogen-bond acceptors (Lipinski definition) is 4. The van der Waals surface area contributed by atoms with Gasteiger partial charge in [0.25, 0.3) is 0 Å². The Bertz CT molecular complexity index is 635. The second-order valence-electron chi connectivity index (χ2n) is 3.85. The molecular formula is C10H10Cl2FNO5S. The van der Waals surface area contributed by atoms with Crippen LogP contribution in [0.4, 0.5) is 4.39 Å². The van der Waals surface area contributed by atoms with E-state index < -0.39 is 43.9 Å². The quantitative estimate of drug-likeness (QED) is 0.696. The van der Waals surface area contributed by atoms with Gasteiger partial charge in [0, 0.05) is 0 Å². The van der Waals surface area contributed by atoms with E-state index >= 15 is 0 Å². The Hall–Kier alpha value is -0.930. The number of carboxylic acid groups (broad SMARTS) is 1. The Kier molecular flexibility index (Phi) is 5.33. The van der Waals surface area contributed by atoms with E-state index in [1.165, 1.54) is 0 Å². The molecule has 3 N–H and O–H groups in total. The normalized spacial score (nSPS) is 14.8. The molecular weight excluding hydrogens is 336 g/mol. The van der Waals surface area contributed by atoms with Crippen molar-refractivity contribution in [1.29, 1.82) is 0 Å². The van der Waals surface area contributed by atoms with Crippen LogP contribution in [-0.4, -0.2) is 36.7 Å². The average Bonchev–Trinajstić information content (AvgIpc) is 2.32. The maximum Gasteiger partial charge on any atom is 0.324 e. The zero-order chi connectivity index (χ0) is 15.7. The fraction of sp³-hybridized carbons (Fsp3) is 0.300. The van der Waals surface area contributed by atoms with Gasteiger partial charge in [0.2, 0.25) is 10.0 Å². The van der Waals surface area contributed by atoms with Crippen LogP contribution in [0.3, 0.4) is 0 Å². The number of nitrogens with one attached hydrogen (secondary N) is 1. The van der Waals surface area contributed by atoms with Crippen LogP contribution < -0.4 is 4.72 Å². The molecule has 20 heavy (non-hydrogen) atoms. The third-order valence-electron chi connectivity index (χ3n) is 2.32. The molecule has 0 radical (unpaired) electrons. The molecule has 10 heteroatoms. The maximum atomic E-state index is 13.5. The number of carboxylic acids is 1. The summed E-state index contributed by atoms with van der Waals surface area (Å²) in [6, 6.07) is 0.0989. The van der Waals surface area contributed by atoms with Crippen LogP contribution in [0.2, 0.25) is 10.0 Å². The number of benzene rings is 1. The molecule has 0 saturated carbocycles. The number of halogens is 3. The molecule has 0 saturated heterocycles. The van der Waals surface area contributed by atoms with Crippen LogP contribution in [0.15, 0.2) is 17.0 Å². The van der Waals surface area contributed by atoms with Gasteiger partial charge in [0.15, 0.2) is 5.82 Å². The number of rotatable bonds is 5. The monoisotopic (exact) mass is 345 g/mol. The molecule has 0 fully saturated rings. The first kappa shape index (κ1) is 17.1. The highest BCUT2D eigenvalue weighted by Crippen LogP contribution is 2.29. The predicted molar refractivity (Wildman–Crippen MR) is 69.8 cm³/mol. The minimum absolute atomic E-state index is 0.376. The zero-order valence-corrected chi connectivity index (χ0v) is 12.3. The molecule has 0 amide bonds. The third kappa shape index (κ3) is 3.58. The van der Waals surface area contributed by atoms with Gasteiger partial charge in [-0.15, -0.1) is 0 Å². The molecule has 0 spiro atoms.